The van der Waals surface area contributed by atoms with E-state index in [1.54, 1.807) is 7.11 Å². The highest BCUT2D eigenvalue weighted by Crippen LogP contribution is 2.24. The first-order chi connectivity index (χ1) is 10.0. The Hall–Kier alpha value is -1.66. The molecular formula is C15H21N3O2S. The summed E-state index contributed by atoms with van der Waals surface area (Å²) in [6.07, 6.45) is 2.97. The van der Waals surface area contributed by atoms with E-state index < -0.39 is 0 Å². The van der Waals surface area contributed by atoms with Gasteiger partial charge in [0.25, 0.3) is 0 Å². The fraction of sp³-hybridized carbons (Fsp3) is 0.467. The molecule has 0 aliphatic carbocycles. The van der Waals surface area contributed by atoms with Gasteiger partial charge < -0.3 is 16.2 Å². The van der Waals surface area contributed by atoms with E-state index in [1.807, 2.05) is 18.2 Å². The number of rotatable bonds is 5. The maximum Gasteiger partial charge on any atom is 0.234 e. The van der Waals surface area contributed by atoms with Crippen LogP contribution in [0, 0.1) is 0 Å². The largest absolute Gasteiger partial charge is 0.496 e. The van der Waals surface area contributed by atoms with Crippen molar-refractivity contribution in [3.05, 3.63) is 29.3 Å². The Bertz CT molecular complexity index is 548. The number of likely N-dealkylation sites (tertiary alicyclic amines) is 1. The zero-order valence-electron chi connectivity index (χ0n) is 12.2. The highest BCUT2D eigenvalue weighted by molar-refractivity contribution is 7.80. The molecule has 1 saturated heterocycles. The Morgan fingerprint density at radius 2 is 2.19 bits per heavy atom. The Kier molecular flexibility index (Phi) is 5.14. The molecule has 1 aromatic rings. The summed E-state index contributed by atoms with van der Waals surface area (Å²) >= 11 is 5.00. The molecule has 6 heteroatoms. The summed E-state index contributed by atoms with van der Waals surface area (Å²) in [6.45, 7) is 1.55. The van der Waals surface area contributed by atoms with E-state index in [-0.39, 0.29) is 11.9 Å². The zero-order valence-corrected chi connectivity index (χ0v) is 13.0. The van der Waals surface area contributed by atoms with E-state index in [2.05, 4.69) is 4.90 Å². The Balaban J connectivity index is 2.18. The maximum atomic E-state index is 11.5. The van der Waals surface area contributed by atoms with Crippen LogP contribution < -0.4 is 16.2 Å². The van der Waals surface area contributed by atoms with Crippen molar-refractivity contribution in [3.63, 3.8) is 0 Å². The van der Waals surface area contributed by atoms with E-state index in [0.29, 0.717) is 17.3 Å². The number of benzene rings is 1. The molecule has 1 aliphatic heterocycles. The Morgan fingerprint density at radius 1 is 1.43 bits per heavy atom. The average molecular weight is 307 g/mol. The van der Waals surface area contributed by atoms with E-state index >= 15 is 0 Å². The number of hydrogen-bond acceptors (Lipinski definition) is 4. The first-order valence-electron chi connectivity index (χ1n) is 7.03. The van der Waals surface area contributed by atoms with Gasteiger partial charge in [0, 0.05) is 6.54 Å². The number of ether oxygens (including phenoxy) is 1. The lowest BCUT2D eigenvalue weighted by molar-refractivity contribution is -0.124. The molecule has 1 aromatic carbocycles. The number of carbonyl (C=O) groups is 1. The minimum Gasteiger partial charge on any atom is -0.496 e. The minimum atomic E-state index is -0.249. The minimum absolute atomic E-state index is 0.181. The highest BCUT2D eigenvalue weighted by atomic mass is 32.1. The molecule has 4 N–H and O–H groups in total. The SMILES string of the molecule is COc1cc(CN2CCCCC2C(N)=O)ccc1C(N)=S. The Morgan fingerprint density at radius 3 is 2.81 bits per heavy atom. The molecule has 21 heavy (non-hydrogen) atoms. The van der Waals surface area contributed by atoms with Crippen LogP contribution >= 0.6 is 12.2 Å². The van der Waals surface area contributed by atoms with Crippen molar-refractivity contribution in [1.29, 1.82) is 0 Å². The number of piperidine rings is 1. The summed E-state index contributed by atoms with van der Waals surface area (Å²) < 4.78 is 5.33. The van der Waals surface area contributed by atoms with Gasteiger partial charge in [-0.05, 0) is 37.1 Å². The van der Waals surface area contributed by atoms with Gasteiger partial charge in [0.15, 0.2) is 0 Å². The third kappa shape index (κ3) is 3.71. The van der Waals surface area contributed by atoms with Crippen molar-refractivity contribution < 1.29 is 9.53 Å². The number of nitrogens with two attached hydrogens (primary N) is 2. The van der Waals surface area contributed by atoms with E-state index in [0.717, 1.165) is 36.9 Å². The molecule has 0 radical (unpaired) electrons. The summed E-state index contributed by atoms with van der Waals surface area (Å²) in [7, 11) is 1.59. The monoisotopic (exact) mass is 307 g/mol. The average Bonchev–Trinajstić information content (AvgIpc) is 2.47. The number of amides is 1. The van der Waals surface area contributed by atoms with Crippen molar-refractivity contribution in [2.75, 3.05) is 13.7 Å². The molecule has 114 valence electrons. The van der Waals surface area contributed by atoms with Crippen LogP contribution in [0.1, 0.15) is 30.4 Å². The molecule has 1 fully saturated rings. The molecule has 0 aromatic heterocycles. The number of methoxy groups -OCH3 is 1. The van der Waals surface area contributed by atoms with Gasteiger partial charge in [0.2, 0.25) is 5.91 Å². The van der Waals surface area contributed by atoms with Crippen LogP contribution in [0.25, 0.3) is 0 Å². The van der Waals surface area contributed by atoms with Crippen molar-refractivity contribution >= 4 is 23.1 Å². The van der Waals surface area contributed by atoms with Crippen molar-refractivity contribution in [3.8, 4) is 5.75 Å². The standard InChI is InChI=1S/C15H21N3O2S/c1-20-13-8-10(5-6-11(13)15(17)21)9-18-7-3-2-4-12(18)14(16)19/h5-6,8,12H,2-4,7,9H2,1H3,(H2,16,19)(H2,17,21). The van der Waals surface area contributed by atoms with Crippen LogP contribution in [0.5, 0.6) is 5.75 Å². The molecular weight excluding hydrogens is 286 g/mol. The lowest BCUT2D eigenvalue weighted by Crippen LogP contribution is -2.47. The van der Waals surface area contributed by atoms with Gasteiger partial charge in [-0.25, -0.2) is 0 Å². The predicted molar refractivity (Wildman–Crippen MR) is 86.1 cm³/mol. The highest BCUT2D eigenvalue weighted by Gasteiger charge is 2.26. The molecule has 1 atom stereocenters. The summed E-state index contributed by atoms with van der Waals surface area (Å²) in [5.74, 6) is 0.411. The summed E-state index contributed by atoms with van der Waals surface area (Å²) in [5.41, 5.74) is 12.9. The Labute approximate surface area is 130 Å². The summed E-state index contributed by atoms with van der Waals surface area (Å²) in [5, 5.41) is 0. The van der Waals surface area contributed by atoms with Gasteiger partial charge in [-0.1, -0.05) is 24.7 Å². The van der Waals surface area contributed by atoms with Crippen LogP contribution in [0.3, 0.4) is 0 Å². The number of nitrogens with zero attached hydrogens (tertiary/aromatic N) is 1. The van der Waals surface area contributed by atoms with Gasteiger partial charge in [-0.15, -0.1) is 0 Å². The second-order valence-corrected chi connectivity index (χ2v) is 5.72. The van der Waals surface area contributed by atoms with E-state index in [4.69, 9.17) is 28.4 Å². The topological polar surface area (TPSA) is 81.6 Å². The van der Waals surface area contributed by atoms with Gasteiger partial charge in [-0.2, -0.15) is 0 Å². The van der Waals surface area contributed by atoms with Crippen LogP contribution in [0.2, 0.25) is 0 Å². The van der Waals surface area contributed by atoms with Gasteiger partial charge in [-0.3, -0.25) is 9.69 Å². The third-order valence-electron chi connectivity index (χ3n) is 3.86. The second-order valence-electron chi connectivity index (χ2n) is 5.28. The van der Waals surface area contributed by atoms with Crippen LogP contribution in [0.4, 0.5) is 0 Å². The molecule has 0 bridgehead atoms. The quantitative estimate of drug-likeness (QED) is 0.798. The number of primary amides is 1. The summed E-state index contributed by atoms with van der Waals surface area (Å²) in [6, 6.07) is 5.56. The molecule has 5 nitrogen and oxygen atoms in total. The first-order valence-corrected chi connectivity index (χ1v) is 7.44. The fourth-order valence-electron chi connectivity index (χ4n) is 2.77. The number of thiocarbonyl (C=S) groups is 1. The molecule has 1 heterocycles. The van der Waals surface area contributed by atoms with Crippen molar-refractivity contribution in [1.82, 2.24) is 4.90 Å². The lowest BCUT2D eigenvalue weighted by atomic mass is 10.0. The maximum absolute atomic E-state index is 11.5. The van der Waals surface area contributed by atoms with Gasteiger partial charge in [0.05, 0.1) is 18.7 Å². The molecule has 1 aliphatic rings. The lowest BCUT2D eigenvalue weighted by Gasteiger charge is -2.33. The van der Waals surface area contributed by atoms with Gasteiger partial charge >= 0.3 is 0 Å². The van der Waals surface area contributed by atoms with E-state index in [9.17, 15) is 4.79 Å². The number of carbonyl (C=O) groups excluding carboxylic acids is 1. The second kappa shape index (κ2) is 6.87. The summed E-state index contributed by atoms with van der Waals surface area (Å²) in [4.78, 5) is 14.0. The molecule has 1 unspecified atom stereocenters. The zero-order chi connectivity index (χ0) is 15.4. The van der Waals surface area contributed by atoms with Crippen LogP contribution in [-0.4, -0.2) is 35.5 Å². The van der Waals surface area contributed by atoms with Crippen molar-refractivity contribution in [2.24, 2.45) is 11.5 Å². The molecule has 2 rings (SSSR count). The van der Waals surface area contributed by atoms with Crippen molar-refractivity contribution in [2.45, 2.75) is 31.8 Å². The normalized spacial score (nSPS) is 19.2. The van der Waals surface area contributed by atoms with Gasteiger partial charge in [0.1, 0.15) is 10.7 Å². The van der Waals surface area contributed by atoms with Crippen LogP contribution in [-0.2, 0) is 11.3 Å². The molecule has 0 saturated carbocycles. The number of hydrogen-bond donors (Lipinski definition) is 2. The molecule has 1 amide bonds. The molecule has 0 spiro atoms. The van der Waals surface area contributed by atoms with E-state index in [1.165, 1.54) is 0 Å². The third-order valence-corrected chi connectivity index (χ3v) is 4.08. The smallest absolute Gasteiger partial charge is 0.234 e. The first kappa shape index (κ1) is 15.7. The predicted octanol–water partition coefficient (Wildman–Crippen LogP) is 1.17. The van der Waals surface area contributed by atoms with Crippen LogP contribution in [0.15, 0.2) is 18.2 Å². The fourth-order valence-corrected chi connectivity index (χ4v) is 2.94.